The average molecular weight is 163 g/mol. The Hall–Kier alpha value is -1.64. The number of benzene rings is 1. The number of Topliss-reactive ketones (excluding diaryl/α,β-unsaturated/α-hetero) is 1. The molecule has 3 heteroatoms. The van der Waals surface area contributed by atoms with Crippen molar-refractivity contribution in [1.29, 1.82) is 0 Å². The van der Waals surface area contributed by atoms with Crippen molar-refractivity contribution in [3.63, 3.8) is 0 Å². The molecule has 0 bridgehead atoms. The van der Waals surface area contributed by atoms with Gasteiger partial charge >= 0.3 is 0 Å². The van der Waals surface area contributed by atoms with Gasteiger partial charge in [0.2, 0.25) is 0 Å². The molecule has 0 atom stereocenters. The molecule has 0 radical (unpaired) electrons. The highest BCUT2D eigenvalue weighted by molar-refractivity contribution is 6.27. The van der Waals surface area contributed by atoms with Crippen LogP contribution in [0.25, 0.3) is 0 Å². The summed E-state index contributed by atoms with van der Waals surface area (Å²) < 4.78 is 0. The summed E-state index contributed by atoms with van der Waals surface area (Å²) in [5.74, 6) is -0.205. The Bertz CT molecular complexity index is 280. The number of ketones is 1. The van der Waals surface area contributed by atoms with Gasteiger partial charge in [0, 0.05) is 6.42 Å². The standard InChI is InChI=1S/C9H9NO2/c11-9(7-10-12)6-8-4-2-1-3-5-8/h1-5,7,12H,6H2. The Morgan fingerprint density at radius 3 is 2.67 bits per heavy atom. The summed E-state index contributed by atoms with van der Waals surface area (Å²) in [5, 5.41) is 10.7. The van der Waals surface area contributed by atoms with Gasteiger partial charge in [0.15, 0.2) is 5.78 Å². The lowest BCUT2D eigenvalue weighted by molar-refractivity contribution is -0.112. The van der Waals surface area contributed by atoms with Crippen molar-refractivity contribution in [3.8, 4) is 0 Å². The molecule has 3 nitrogen and oxygen atoms in total. The molecule has 0 saturated heterocycles. The molecule has 1 aromatic carbocycles. The van der Waals surface area contributed by atoms with Crippen molar-refractivity contribution in [2.45, 2.75) is 6.42 Å². The lowest BCUT2D eigenvalue weighted by Crippen LogP contribution is -2.03. The van der Waals surface area contributed by atoms with Gasteiger partial charge in [-0.2, -0.15) is 0 Å². The third-order valence-corrected chi connectivity index (χ3v) is 1.42. The molecule has 0 aliphatic rings. The fourth-order valence-corrected chi connectivity index (χ4v) is 0.907. The minimum atomic E-state index is -0.205. The van der Waals surface area contributed by atoms with Crippen molar-refractivity contribution < 1.29 is 10.0 Å². The number of hydrogen-bond donors (Lipinski definition) is 1. The largest absolute Gasteiger partial charge is 0.411 e. The predicted octanol–water partition coefficient (Wildman–Crippen LogP) is 1.26. The molecule has 12 heavy (non-hydrogen) atoms. The van der Waals surface area contributed by atoms with Crippen LogP contribution in [-0.2, 0) is 11.2 Å². The Labute approximate surface area is 70.3 Å². The number of hydrogen-bond acceptors (Lipinski definition) is 3. The van der Waals surface area contributed by atoms with E-state index in [0.717, 1.165) is 11.8 Å². The molecule has 1 rings (SSSR count). The van der Waals surface area contributed by atoms with Crippen LogP contribution >= 0.6 is 0 Å². The first-order valence-electron chi connectivity index (χ1n) is 3.57. The third kappa shape index (κ3) is 2.54. The van der Waals surface area contributed by atoms with E-state index in [4.69, 9.17) is 5.21 Å². The summed E-state index contributed by atoms with van der Waals surface area (Å²) >= 11 is 0. The zero-order chi connectivity index (χ0) is 8.81. The third-order valence-electron chi connectivity index (χ3n) is 1.42. The highest BCUT2D eigenvalue weighted by atomic mass is 16.4. The Balaban J connectivity index is 2.59. The van der Waals surface area contributed by atoms with Crippen LogP contribution in [0.3, 0.4) is 0 Å². The zero-order valence-corrected chi connectivity index (χ0v) is 6.47. The minimum absolute atomic E-state index is 0.205. The highest BCUT2D eigenvalue weighted by Crippen LogP contribution is 1.98. The van der Waals surface area contributed by atoms with Crippen LogP contribution in [0.4, 0.5) is 0 Å². The second-order valence-corrected chi connectivity index (χ2v) is 2.37. The molecule has 1 N–H and O–H groups in total. The van der Waals surface area contributed by atoms with E-state index in [2.05, 4.69) is 5.16 Å². The number of rotatable bonds is 3. The van der Waals surface area contributed by atoms with Gasteiger partial charge in [-0.3, -0.25) is 4.79 Å². The molecule has 0 aliphatic carbocycles. The van der Waals surface area contributed by atoms with Crippen LogP contribution in [-0.4, -0.2) is 17.2 Å². The maximum absolute atomic E-state index is 10.9. The molecular weight excluding hydrogens is 154 g/mol. The van der Waals surface area contributed by atoms with E-state index in [-0.39, 0.29) is 12.2 Å². The van der Waals surface area contributed by atoms with E-state index in [0.29, 0.717) is 0 Å². The molecule has 0 amide bonds. The molecule has 0 aromatic heterocycles. The summed E-state index contributed by atoms with van der Waals surface area (Å²) in [5.41, 5.74) is 0.919. The number of oxime groups is 1. The minimum Gasteiger partial charge on any atom is -0.411 e. The first-order chi connectivity index (χ1) is 5.83. The van der Waals surface area contributed by atoms with Gasteiger partial charge in [0.25, 0.3) is 0 Å². The monoisotopic (exact) mass is 163 g/mol. The Kier molecular flexibility index (Phi) is 3.02. The molecule has 0 saturated carbocycles. The molecule has 0 spiro atoms. The van der Waals surface area contributed by atoms with E-state index < -0.39 is 0 Å². The number of carbonyl (C=O) groups is 1. The second-order valence-electron chi connectivity index (χ2n) is 2.37. The van der Waals surface area contributed by atoms with Crippen molar-refractivity contribution in [2.75, 3.05) is 0 Å². The number of nitrogens with zero attached hydrogens (tertiary/aromatic N) is 1. The molecular formula is C9H9NO2. The van der Waals surface area contributed by atoms with Crippen molar-refractivity contribution in [1.82, 2.24) is 0 Å². The number of carbonyl (C=O) groups excluding carboxylic acids is 1. The summed E-state index contributed by atoms with van der Waals surface area (Å²) in [7, 11) is 0. The van der Waals surface area contributed by atoms with Crippen molar-refractivity contribution in [2.24, 2.45) is 5.16 Å². The quantitative estimate of drug-likeness (QED) is 0.414. The van der Waals surface area contributed by atoms with E-state index in [1.54, 1.807) is 0 Å². The van der Waals surface area contributed by atoms with Crippen LogP contribution in [0.1, 0.15) is 5.56 Å². The van der Waals surface area contributed by atoms with Crippen LogP contribution in [0, 0.1) is 0 Å². The van der Waals surface area contributed by atoms with E-state index in [1.807, 2.05) is 30.3 Å². The van der Waals surface area contributed by atoms with Crippen LogP contribution in [0.15, 0.2) is 35.5 Å². The van der Waals surface area contributed by atoms with Crippen LogP contribution in [0.2, 0.25) is 0 Å². The molecule has 0 heterocycles. The summed E-state index contributed by atoms with van der Waals surface area (Å²) in [4.78, 5) is 10.9. The van der Waals surface area contributed by atoms with Gasteiger partial charge in [-0.1, -0.05) is 35.5 Å². The van der Waals surface area contributed by atoms with E-state index in [1.165, 1.54) is 0 Å². The summed E-state index contributed by atoms with van der Waals surface area (Å²) in [6.45, 7) is 0. The Morgan fingerprint density at radius 2 is 2.08 bits per heavy atom. The average Bonchev–Trinajstić information content (AvgIpc) is 2.06. The molecule has 0 unspecified atom stereocenters. The van der Waals surface area contributed by atoms with Gasteiger partial charge in [0.1, 0.15) is 6.21 Å². The fraction of sp³-hybridized carbons (Fsp3) is 0.111. The van der Waals surface area contributed by atoms with Crippen LogP contribution < -0.4 is 0 Å². The molecule has 0 aliphatic heterocycles. The lowest BCUT2D eigenvalue weighted by atomic mass is 10.1. The first kappa shape index (κ1) is 8.46. The summed E-state index contributed by atoms with van der Waals surface area (Å²) in [6.07, 6.45) is 1.19. The molecule has 0 fully saturated rings. The zero-order valence-electron chi connectivity index (χ0n) is 6.47. The van der Waals surface area contributed by atoms with Gasteiger partial charge < -0.3 is 5.21 Å². The maximum Gasteiger partial charge on any atom is 0.181 e. The summed E-state index contributed by atoms with van der Waals surface area (Å²) in [6, 6.07) is 9.30. The van der Waals surface area contributed by atoms with Crippen molar-refractivity contribution >= 4 is 12.0 Å². The van der Waals surface area contributed by atoms with E-state index >= 15 is 0 Å². The van der Waals surface area contributed by atoms with E-state index in [9.17, 15) is 4.79 Å². The second kappa shape index (κ2) is 4.28. The first-order valence-corrected chi connectivity index (χ1v) is 3.57. The smallest absolute Gasteiger partial charge is 0.181 e. The maximum atomic E-state index is 10.9. The fourth-order valence-electron chi connectivity index (χ4n) is 0.907. The SMILES string of the molecule is O=C(C=NO)Cc1ccccc1. The topological polar surface area (TPSA) is 49.7 Å². The van der Waals surface area contributed by atoms with Gasteiger partial charge in [-0.25, -0.2) is 0 Å². The highest BCUT2D eigenvalue weighted by Gasteiger charge is 1.98. The predicted molar refractivity (Wildman–Crippen MR) is 45.4 cm³/mol. The van der Waals surface area contributed by atoms with Crippen molar-refractivity contribution in [3.05, 3.63) is 35.9 Å². The lowest BCUT2D eigenvalue weighted by Gasteiger charge is -1.94. The Morgan fingerprint density at radius 1 is 1.42 bits per heavy atom. The van der Waals surface area contributed by atoms with Gasteiger partial charge in [-0.05, 0) is 5.56 Å². The van der Waals surface area contributed by atoms with Crippen LogP contribution in [0.5, 0.6) is 0 Å². The van der Waals surface area contributed by atoms with Gasteiger partial charge in [0.05, 0.1) is 0 Å². The molecule has 1 aromatic rings. The molecule has 62 valence electrons. The van der Waals surface area contributed by atoms with Gasteiger partial charge in [-0.15, -0.1) is 0 Å². The normalized spacial score (nSPS) is 10.3.